The summed E-state index contributed by atoms with van der Waals surface area (Å²) in [5.74, 6) is 1.86. The molecule has 2 aliphatic rings. The van der Waals surface area contributed by atoms with Gasteiger partial charge in [0.15, 0.2) is 0 Å². The van der Waals surface area contributed by atoms with Gasteiger partial charge in [-0.15, -0.1) is 5.10 Å². The minimum Gasteiger partial charge on any atom is -0.333 e. The molecular formula is C22H26N6O. The van der Waals surface area contributed by atoms with Gasteiger partial charge in [-0.05, 0) is 36.5 Å². The number of hydrogen-bond donors (Lipinski definition) is 0. The monoisotopic (exact) mass is 390 g/mol. The van der Waals surface area contributed by atoms with Crippen molar-refractivity contribution in [2.45, 2.75) is 45.8 Å². The Morgan fingerprint density at radius 3 is 2.59 bits per heavy atom. The highest BCUT2D eigenvalue weighted by atomic mass is 16.2. The fraction of sp³-hybridized carbons (Fsp3) is 0.455. The van der Waals surface area contributed by atoms with Crippen LogP contribution in [-0.4, -0.2) is 41.9 Å². The molecule has 2 aromatic heterocycles. The van der Waals surface area contributed by atoms with Gasteiger partial charge in [0, 0.05) is 42.7 Å². The molecule has 29 heavy (non-hydrogen) atoms. The number of hydrogen-bond acceptors (Lipinski definition) is 4. The SMILES string of the molecule is CC1(C)CN(C(=O)c2ccc(Cn3ccnn3)cc2)C1c1nccn1CC1CC1. The van der Waals surface area contributed by atoms with Crippen LogP contribution in [0.3, 0.4) is 0 Å². The van der Waals surface area contributed by atoms with E-state index in [1.54, 1.807) is 10.9 Å². The molecule has 1 unspecified atom stereocenters. The Hall–Kier alpha value is -2.96. The molecule has 7 nitrogen and oxygen atoms in total. The highest BCUT2D eigenvalue weighted by molar-refractivity contribution is 5.95. The zero-order valence-corrected chi connectivity index (χ0v) is 16.9. The third-order valence-electron chi connectivity index (χ3n) is 6.05. The van der Waals surface area contributed by atoms with E-state index in [0.29, 0.717) is 12.1 Å². The topological polar surface area (TPSA) is 68.8 Å². The zero-order valence-electron chi connectivity index (χ0n) is 16.9. The van der Waals surface area contributed by atoms with Gasteiger partial charge in [-0.2, -0.15) is 0 Å². The van der Waals surface area contributed by atoms with E-state index in [4.69, 9.17) is 0 Å². The first-order valence-corrected chi connectivity index (χ1v) is 10.3. The van der Waals surface area contributed by atoms with Gasteiger partial charge in [-0.25, -0.2) is 9.67 Å². The second-order valence-corrected chi connectivity index (χ2v) is 9.00. The number of likely N-dealkylation sites (tertiary alicyclic amines) is 1. The quantitative estimate of drug-likeness (QED) is 0.648. The number of rotatable bonds is 6. The molecule has 1 aliphatic carbocycles. The van der Waals surface area contributed by atoms with Crippen LogP contribution in [-0.2, 0) is 13.1 Å². The van der Waals surface area contributed by atoms with Gasteiger partial charge in [0.1, 0.15) is 5.82 Å². The Labute approximate surface area is 170 Å². The number of imidazole rings is 1. The Balaban J connectivity index is 1.34. The lowest BCUT2D eigenvalue weighted by Crippen LogP contribution is -2.58. The molecule has 1 saturated carbocycles. The fourth-order valence-electron chi connectivity index (χ4n) is 4.33. The van der Waals surface area contributed by atoms with Gasteiger partial charge >= 0.3 is 0 Å². The van der Waals surface area contributed by atoms with E-state index >= 15 is 0 Å². The zero-order chi connectivity index (χ0) is 20.0. The molecule has 1 amide bonds. The summed E-state index contributed by atoms with van der Waals surface area (Å²) in [6.45, 7) is 6.85. The van der Waals surface area contributed by atoms with E-state index in [-0.39, 0.29) is 17.4 Å². The molecule has 7 heteroatoms. The van der Waals surface area contributed by atoms with E-state index in [1.807, 2.05) is 41.6 Å². The molecule has 1 aromatic carbocycles. The lowest BCUT2D eigenvalue weighted by atomic mass is 9.74. The normalized spacial score (nSPS) is 20.5. The second kappa shape index (κ2) is 6.83. The fourth-order valence-corrected chi connectivity index (χ4v) is 4.33. The molecule has 0 N–H and O–H groups in total. The van der Waals surface area contributed by atoms with Crippen molar-refractivity contribution < 1.29 is 4.79 Å². The van der Waals surface area contributed by atoms with Crippen LogP contribution in [0.25, 0.3) is 0 Å². The maximum Gasteiger partial charge on any atom is 0.254 e. The summed E-state index contributed by atoms with van der Waals surface area (Å²) < 4.78 is 4.02. The number of aromatic nitrogens is 5. The highest BCUT2D eigenvalue weighted by Crippen LogP contribution is 2.48. The molecule has 0 bridgehead atoms. The van der Waals surface area contributed by atoms with Crippen molar-refractivity contribution in [1.82, 2.24) is 29.4 Å². The maximum absolute atomic E-state index is 13.3. The molecule has 5 rings (SSSR count). The van der Waals surface area contributed by atoms with Gasteiger partial charge in [0.25, 0.3) is 5.91 Å². The lowest BCUT2D eigenvalue weighted by Gasteiger charge is -2.53. The summed E-state index contributed by atoms with van der Waals surface area (Å²) in [4.78, 5) is 19.9. The summed E-state index contributed by atoms with van der Waals surface area (Å²) in [6, 6.07) is 7.81. The summed E-state index contributed by atoms with van der Waals surface area (Å²) in [5.41, 5.74) is 1.83. The van der Waals surface area contributed by atoms with E-state index in [2.05, 4.69) is 39.9 Å². The molecule has 3 heterocycles. The molecule has 1 aliphatic heterocycles. The average Bonchev–Trinajstić information content (AvgIpc) is 3.16. The van der Waals surface area contributed by atoms with Crippen molar-refractivity contribution in [1.29, 1.82) is 0 Å². The molecule has 1 atom stereocenters. The van der Waals surface area contributed by atoms with Gasteiger partial charge in [0.2, 0.25) is 0 Å². The second-order valence-electron chi connectivity index (χ2n) is 9.00. The summed E-state index contributed by atoms with van der Waals surface area (Å²) >= 11 is 0. The first-order valence-electron chi connectivity index (χ1n) is 10.3. The largest absolute Gasteiger partial charge is 0.333 e. The minimum atomic E-state index is 0.0126. The van der Waals surface area contributed by atoms with Crippen LogP contribution in [0, 0.1) is 11.3 Å². The molecule has 3 aromatic rings. The molecular weight excluding hydrogens is 364 g/mol. The molecule has 0 radical (unpaired) electrons. The van der Waals surface area contributed by atoms with Crippen molar-refractivity contribution in [3.63, 3.8) is 0 Å². The lowest BCUT2D eigenvalue weighted by molar-refractivity contribution is -0.0379. The van der Waals surface area contributed by atoms with Crippen LogP contribution in [0.4, 0.5) is 0 Å². The first kappa shape index (κ1) is 18.1. The van der Waals surface area contributed by atoms with E-state index in [9.17, 15) is 4.79 Å². The Morgan fingerprint density at radius 1 is 1.14 bits per heavy atom. The van der Waals surface area contributed by atoms with Crippen LogP contribution >= 0.6 is 0 Å². The minimum absolute atomic E-state index is 0.0126. The van der Waals surface area contributed by atoms with Crippen LogP contribution in [0.2, 0.25) is 0 Å². The number of carbonyl (C=O) groups is 1. The summed E-state index contributed by atoms with van der Waals surface area (Å²) in [5, 5.41) is 7.81. The standard InChI is InChI=1S/C22H26N6O/c1-22(2)15-28(19(22)20-23-9-11-26(20)13-16-3-4-16)21(29)18-7-5-17(6-8-18)14-27-12-10-24-25-27/h5-12,16,19H,3-4,13-15H2,1-2H3. The van der Waals surface area contributed by atoms with Crippen LogP contribution in [0.5, 0.6) is 0 Å². The third-order valence-corrected chi connectivity index (χ3v) is 6.05. The Kier molecular flexibility index (Phi) is 4.26. The van der Waals surface area contributed by atoms with Gasteiger partial charge in [0.05, 0.1) is 18.8 Å². The third kappa shape index (κ3) is 3.45. The van der Waals surface area contributed by atoms with Gasteiger partial charge < -0.3 is 9.47 Å². The number of benzene rings is 1. The summed E-state index contributed by atoms with van der Waals surface area (Å²) in [6.07, 6.45) is 10.0. The molecule has 0 spiro atoms. The van der Waals surface area contributed by atoms with E-state index < -0.39 is 0 Å². The van der Waals surface area contributed by atoms with Gasteiger partial charge in [-0.3, -0.25) is 4.79 Å². The maximum atomic E-state index is 13.3. The molecule has 150 valence electrons. The Morgan fingerprint density at radius 2 is 1.93 bits per heavy atom. The molecule has 1 saturated heterocycles. The number of amides is 1. The average molecular weight is 390 g/mol. The Bertz CT molecular complexity index is 1000. The predicted molar refractivity (Wildman–Crippen MR) is 108 cm³/mol. The number of nitrogens with zero attached hydrogens (tertiary/aromatic N) is 6. The highest BCUT2D eigenvalue weighted by Gasteiger charge is 2.51. The van der Waals surface area contributed by atoms with Crippen molar-refractivity contribution >= 4 is 5.91 Å². The van der Waals surface area contributed by atoms with Gasteiger partial charge in [-0.1, -0.05) is 31.2 Å². The van der Waals surface area contributed by atoms with Crippen LogP contribution < -0.4 is 0 Å². The summed E-state index contributed by atoms with van der Waals surface area (Å²) in [7, 11) is 0. The van der Waals surface area contributed by atoms with E-state index in [0.717, 1.165) is 30.4 Å². The van der Waals surface area contributed by atoms with Crippen molar-refractivity contribution in [3.8, 4) is 0 Å². The van der Waals surface area contributed by atoms with Crippen molar-refractivity contribution in [2.75, 3.05) is 6.54 Å². The van der Waals surface area contributed by atoms with Crippen LogP contribution in [0.1, 0.15) is 54.5 Å². The predicted octanol–water partition coefficient (Wildman–Crippen LogP) is 3.16. The van der Waals surface area contributed by atoms with E-state index in [1.165, 1.54) is 12.8 Å². The van der Waals surface area contributed by atoms with Crippen LogP contribution in [0.15, 0.2) is 49.1 Å². The smallest absolute Gasteiger partial charge is 0.254 e. The van der Waals surface area contributed by atoms with Crippen molar-refractivity contribution in [2.24, 2.45) is 11.3 Å². The van der Waals surface area contributed by atoms with Crippen molar-refractivity contribution in [3.05, 3.63) is 66.0 Å². The first-order chi connectivity index (χ1) is 14.0. The molecule has 2 fully saturated rings. The number of carbonyl (C=O) groups excluding carboxylic acids is 1.